The second-order valence-corrected chi connectivity index (χ2v) is 4.95. The van der Waals surface area contributed by atoms with Crippen LogP contribution in [0.3, 0.4) is 0 Å². The van der Waals surface area contributed by atoms with Gasteiger partial charge in [0.2, 0.25) is 0 Å². The Bertz CT molecular complexity index is 651. The maximum atomic E-state index is 13.4. The molecule has 0 spiro atoms. The van der Waals surface area contributed by atoms with E-state index in [1.165, 1.54) is 12.1 Å². The summed E-state index contributed by atoms with van der Waals surface area (Å²) >= 11 is 0. The summed E-state index contributed by atoms with van der Waals surface area (Å²) in [5.74, 6) is -0.505. The van der Waals surface area contributed by atoms with Crippen LogP contribution in [0.2, 0.25) is 0 Å². The molecule has 1 saturated heterocycles. The lowest BCUT2D eigenvalue weighted by Crippen LogP contribution is -2.12. The van der Waals surface area contributed by atoms with Crippen molar-refractivity contribution >= 4 is 23.3 Å². The normalized spacial score (nSPS) is 18.8. The molecule has 2 nitrogen and oxygen atoms in total. The highest BCUT2D eigenvalue weighted by Gasteiger charge is 2.34. The molecular formula is C14H13ClF4N2. The van der Waals surface area contributed by atoms with Crippen molar-refractivity contribution in [2.45, 2.75) is 18.5 Å². The number of pyridine rings is 1. The highest BCUT2D eigenvalue weighted by molar-refractivity contribution is 5.85. The quantitative estimate of drug-likeness (QED) is 0.806. The van der Waals surface area contributed by atoms with Gasteiger partial charge < -0.3 is 5.32 Å². The third-order valence-corrected chi connectivity index (χ3v) is 3.59. The van der Waals surface area contributed by atoms with Crippen LogP contribution in [0.5, 0.6) is 0 Å². The van der Waals surface area contributed by atoms with E-state index in [1.807, 2.05) is 0 Å². The number of halogens is 5. The molecule has 1 aliphatic heterocycles. The first-order valence-corrected chi connectivity index (χ1v) is 6.33. The van der Waals surface area contributed by atoms with Crippen LogP contribution in [0.15, 0.2) is 24.3 Å². The van der Waals surface area contributed by atoms with Gasteiger partial charge in [-0.2, -0.15) is 13.2 Å². The Labute approximate surface area is 125 Å². The van der Waals surface area contributed by atoms with Crippen LogP contribution in [-0.2, 0) is 6.18 Å². The van der Waals surface area contributed by atoms with E-state index in [-0.39, 0.29) is 23.8 Å². The van der Waals surface area contributed by atoms with Gasteiger partial charge in [-0.15, -0.1) is 12.4 Å². The van der Waals surface area contributed by atoms with Crippen LogP contribution < -0.4 is 5.32 Å². The summed E-state index contributed by atoms with van der Waals surface area (Å²) in [6.45, 7) is 1.36. The number of hydrogen-bond acceptors (Lipinski definition) is 2. The van der Waals surface area contributed by atoms with Crippen molar-refractivity contribution in [1.29, 1.82) is 0 Å². The molecule has 3 rings (SSSR count). The zero-order chi connectivity index (χ0) is 14.3. The summed E-state index contributed by atoms with van der Waals surface area (Å²) in [5.41, 5.74) is -0.214. The molecule has 0 amide bonds. The van der Waals surface area contributed by atoms with Gasteiger partial charge in [-0.25, -0.2) is 9.37 Å². The average molecular weight is 321 g/mol. The molecule has 1 aromatic heterocycles. The topological polar surface area (TPSA) is 24.9 Å². The number of nitrogens with one attached hydrogen (secondary N) is 1. The second kappa shape index (κ2) is 5.77. The van der Waals surface area contributed by atoms with Crippen molar-refractivity contribution in [3.05, 3.63) is 41.3 Å². The molecule has 21 heavy (non-hydrogen) atoms. The zero-order valence-corrected chi connectivity index (χ0v) is 11.7. The van der Waals surface area contributed by atoms with Crippen LogP contribution in [-0.4, -0.2) is 18.1 Å². The molecule has 1 aliphatic rings. The Morgan fingerprint density at radius 3 is 2.57 bits per heavy atom. The number of alkyl halides is 3. The Kier molecular flexibility index (Phi) is 4.39. The highest BCUT2D eigenvalue weighted by atomic mass is 35.5. The monoisotopic (exact) mass is 320 g/mol. The molecule has 0 radical (unpaired) electrons. The predicted molar refractivity (Wildman–Crippen MR) is 74.2 cm³/mol. The molecule has 2 heterocycles. The lowest BCUT2D eigenvalue weighted by atomic mass is 9.94. The van der Waals surface area contributed by atoms with E-state index in [9.17, 15) is 17.6 Å². The predicted octanol–water partition coefficient (Wildman–Crippen LogP) is 3.89. The third-order valence-electron chi connectivity index (χ3n) is 3.59. The van der Waals surface area contributed by atoms with E-state index in [4.69, 9.17) is 0 Å². The number of aromatic nitrogens is 1. The van der Waals surface area contributed by atoms with E-state index < -0.39 is 17.7 Å². The number of benzene rings is 1. The molecule has 0 bridgehead atoms. The van der Waals surface area contributed by atoms with Gasteiger partial charge in [-0.1, -0.05) is 0 Å². The Hall–Kier alpha value is -1.40. The van der Waals surface area contributed by atoms with Gasteiger partial charge in [0.15, 0.2) is 0 Å². The van der Waals surface area contributed by atoms with Crippen molar-refractivity contribution in [3.8, 4) is 0 Å². The molecule has 0 aliphatic carbocycles. The summed E-state index contributed by atoms with van der Waals surface area (Å²) in [6.07, 6.45) is -3.75. The first kappa shape index (κ1) is 16.0. The fourth-order valence-electron chi connectivity index (χ4n) is 2.63. The van der Waals surface area contributed by atoms with Gasteiger partial charge in [-0.05, 0) is 48.7 Å². The molecule has 1 unspecified atom stereocenters. The van der Waals surface area contributed by atoms with Crippen LogP contribution >= 0.6 is 12.4 Å². The van der Waals surface area contributed by atoms with Crippen molar-refractivity contribution < 1.29 is 17.6 Å². The number of fused-ring (bicyclic) bond motifs is 1. The first-order chi connectivity index (χ1) is 9.45. The molecule has 114 valence electrons. The highest BCUT2D eigenvalue weighted by Crippen LogP contribution is 2.35. The maximum Gasteiger partial charge on any atom is 0.433 e. The lowest BCUT2D eigenvalue weighted by molar-refractivity contribution is -0.141. The lowest BCUT2D eigenvalue weighted by Gasteiger charge is -2.15. The van der Waals surface area contributed by atoms with Crippen LogP contribution in [0, 0.1) is 5.82 Å². The summed E-state index contributed by atoms with van der Waals surface area (Å²) in [6, 6.07) is 4.74. The molecule has 1 N–H and O–H groups in total. The fourth-order valence-corrected chi connectivity index (χ4v) is 2.63. The Balaban J connectivity index is 0.00000161. The second-order valence-electron chi connectivity index (χ2n) is 4.95. The van der Waals surface area contributed by atoms with Crippen molar-refractivity contribution in [2.24, 2.45) is 0 Å². The summed E-state index contributed by atoms with van der Waals surface area (Å²) in [5, 5.41) is 3.58. The average Bonchev–Trinajstić information content (AvgIpc) is 2.90. The van der Waals surface area contributed by atoms with E-state index in [2.05, 4.69) is 10.3 Å². The van der Waals surface area contributed by atoms with Gasteiger partial charge in [0, 0.05) is 11.9 Å². The molecule has 1 fully saturated rings. The van der Waals surface area contributed by atoms with E-state index in [0.29, 0.717) is 17.5 Å². The van der Waals surface area contributed by atoms with E-state index >= 15 is 0 Å². The molecular weight excluding hydrogens is 308 g/mol. The minimum absolute atomic E-state index is 0. The SMILES string of the molecule is Cl.Fc1ccc2nc(C(F)(F)F)cc(C3CCNC3)c2c1. The maximum absolute atomic E-state index is 13.4. The summed E-state index contributed by atoms with van der Waals surface area (Å²) < 4.78 is 52.1. The molecule has 1 atom stereocenters. The van der Waals surface area contributed by atoms with E-state index in [0.717, 1.165) is 25.1 Å². The number of rotatable bonds is 1. The van der Waals surface area contributed by atoms with Gasteiger partial charge in [0.1, 0.15) is 11.5 Å². The summed E-state index contributed by atoms with van der Waals surface area (Å²) in [4.78, 5) is 3.61. The smallest absolute Gasteiger partial charge is 0.316 e. The number of nitrogens with zero attached hydrogens (tertiary/aromatic N) is 1. The van der Waals surface area contributed by atoms with Crippen molar-refractivity contribution in [2.75, 3.05) is 13.1 Å². The zero-order valence-electron chi connectivity index (χ0n) is 10.9. The Morgan fingerprint density at radius 2 is 1.95 bits per heavy atom. The molecule has 7 heteroatoms. The standard InChI is InChI=1S/C14H12F4N2.ClH/c15-9-1-2-12-11(5-9)10(8-3-4-19-7-8)6-13(20-12)14(16,17)18;/h1-2,5-6,8,19H,3-4,7H2;1H. The molecule has 2 aromatic rings. The van der Waals surface area contributed by atoms with E-state index in [1.54, 1.807) is 0 Å². The van der Waals surface area contributed by atoms with Gasteiger partial charge in [-0.3, -0.25) is 0 Å². The van der Waals surface area contributed by atoms with Gasteiger partial charge >= 0.3 is 6.18 Å². The minimum atomic E-state index is -4.50. The van der Waals surface area contributed by atoms with Crippen LogP contribution in [0.25, 0.3) is 10.9 Å². The minimum Gasteiger partial charge on any atom is -0.316 e. The number of hydrogen-bond donors (Lipinski definition) is 1. The van der Waals surface area contributed by atoms with Gasteiger partial charge in [0.05, 0.1) is 5.52 Å². The largest absolute Gasteiger partial charge is 0.433 e. The summed E-state index contributed by atoms with van der Waals surface area (Å²) in [7, 11) is 0. The van der Waals surface area contributed by atoms with Crippen molar-refractivity contribution in [3.63, 3.8) is 0 Å². The fraction of sp³-hybridized carbons (Fsp3) is 0.357. The van der Waals surface area contributed by atoms with Crippen molar-refractivity contribution in [1.82, 2.24) is 10.3 Å². The molecule has 0 saturated carbocycles. The molecule has 1 aromatic carbocycles. The van der Waals surface area contributed by atoms with Crippen LogP contribution in [0.1, 0.15) is 23.6 Å². The Morgan fingerprint density at radius 1 is 1.19 bits per heavy atom. The third kappa shape index (κ3) is 3.11. The first-order valence-electron chi connectivity index (χ1n) is 6.33. The van der Waals surface area contributed by atoms with Crippen LogP contribution in [0.4, 0.5) is 17.6 Å². The van der Waals surface area contributed by atoms with Gasteiger partial charge in [0.25, 0.3) is 0 Å².